The molecule has 1 heterocycles. The maximum absolute atomic E-state index is 13.0. The molecule has 0 aliphatic carbocycles. The SMILES string of the molecule is Cc1cc(C)c(C)c(S(=O)(=O)N2CCCC2CO)c1C. The second kappa shape index (κ2) is 5.47. The first kappa shape index (κ1) is 15.5. The van der Waals surface area contributed by atoms with Gasteiger partial charge in [-0.15, -0.1) is 0 Å². The van der Waals surface area contributed by atoms with Crippen LogP contribution in [0.4, 0.5) is 0 Å². The van der Waals surface area contributed by atoms with Crippen molar-refractivity contribution in [3.63, 3.8) is 0 Å². The lowest BCUT2D eigenvalue weighted by atomic mass is 10.0. The molecule has 20 heavy (non-hydrogen) atoms. The second-order valence-corrected chi connectivity index (χ2v) is 7.51. The number of aryl methyl sites for hydroxylation is 2. The zero-order valence-corrected chi connectivity index (χ0v) is 13.4. The van der Waals surface area contributed by atoms with Crippen molar-refractivity contribution in [1.82, 2.24) is 4.31 Å². The van der Waals surface area contributed by atoms with Gasteiger partial charge in [-0.2, -0.15) is 4.31 Å². The van der Waals surface area contributed by atoms with Gasteiger partial charge >= 0.3 is 0 Å². The van der Waals surface area contributed by atoms with E-state index in [-0.39, 0.29) is 12.6 Å². The molecule has 112 valence electrons. The Morgan fingerprint density at radius 2 is 1.75 bits per heavy atom. The minimum absolute atomic E-state index is 0.109. The second-order valence-electron chi connectivity index (χ2n) is 5.68. The molecule has 1 N–H and O–H groups in total. The number of hydrogen-bond donors (Lipinski definition) is 1. The van der Waals surface area contributed by atoms with Crippen molar-refractivity contribution in [3.8, 4) is 0 Å². The van der Waals surface area contributed by atoms with E-state index < -0.39 is 10.0 Å². The quantitative estimate of drug-likeness (QED) is 0.929. The number of aliphatic hydroxyl groups is 1. The summed E-state index contributed by atoms with van der Waals surface area (Å²) in [5, 5.41) is 9.39. The molecule has 0 amide bonds. The lowest BCUT2D eigenvalue weighted by molar-refractivity contribution is 0.213. The summed E-state index contributed by atoms with van der Waals surface area (Å²) in [4.78, 5) is 0.426. The highest BCUT2D eigenvalue weighted by atomic mass is 32.2. The predicted octanol–water partition coefficient (Wildman–Crippen LogP) is 2.07. The van der Waals surface area contributed by atoms with Crippen LogP contribution >= 0.6 is 0 Å². The molecule has 1 aliphatic heterocycles. The monoisotopic (exact) mass is 297 g/mol. The average molecular weight is 297 g/mol. The Bertz CT molecular complexity index is 596. The molecule has 1 aromatic rings. The van der Waals surface area contributed by atoms with Crippen LogP contribution in [-0.2, 0) is 10.0 Å². The highest BCUT2D eigenvalue weighted by Crippen LogP contribution is 2.32. The van der Waals surface area contributed by atoms with Crippen LogP contribution in [0.5, 0.6) is 0 Å². The molecular weight excluding hydrogens is 274 g/mol. The number of hydrogen-bond acceptors (Lipinski definition) is 3. The Morgan fingerprint density at radius 1 is 1.20 bits per heavy atom. The van der Waals surface area contributed by atoms with Crippen LogP contribution in [0.15, 0.2) is 11.0 Å². The van der Waals surface area contributed by atoms with E-state index in [1.165, 1.54) is 4.31 Å². The molecule has 2 rings (SSSR count). The Kier molecular flexibility index (Phi) is 4.23. The molecule has 1 atom stereocenters. The lowest BCUT2D eigenvalue weighted by Crippen LogP contribution is -2.38. The van der Waals surface area contributed by atoms with Gasteiger partial charge in [0.15, 0.2) is 0 Å². The maximum atomic E-state index is 13.0. The molecule has 1 fully saturated rings. The van der Waals surface area contributed by atoms with Gasteiger partial charge in [-0.1, -0.05) is 6.07 Å². The summed E-state index contributed by atoms with van der Waals surface area (Å²) in [5.74, 6) is 0. The third-order valence-electron chi connectivity index (χ3n) is 4.40. The van der Waals surface area contributed by atoms with E-state index in [9.17, 15) is 13.5 Å². The Labute approximate surface area is 121 Å². The third-order valence-corrected chi connectivity index (χ3v) is 6.62. The standard InChI is InChI=1S/C15H23NO3S/c1-10-8-11(2)13(4)15(12(10)3)20(18,19)16-7-5-6-14(16)9-17/h8,14,17H,5-7,9H2,1-4H3. The first-order chi connectivity index (χ1) is 9.30. The summed E-state index contributed by atoms with van der Waals surface area (Å²) in [6.07, 6.45) is 1.55. The van der Waals surface area contributed by atoms with Gasteiger partial charge in [-0.25, -0.2) is 8.42 Å². The Morgan fingerprint density at radius 3 is 2.25 bits per heavy atom. The topological polar surface area (TPSA) is 57.6 Å². The van der Waals surface area contributed by atoms with Gasteiger partial charge in [0.1, 0.15) is 0 Å². The molecule has 0 radical (unpaired) electrons. The molecule has 1 aliphatic rings. The minimum atomic E-state index is -3.53. The first-order valence-electron chi connectivity index (χ1n) is 7.00. The zero-order chi connectivity index (χ0) is 15.1. The molecule has 1 saturated heterocycles. The maximum Gasteiger partial charge on any atom is 0.243 e. The molecule has 0 saturated carbocycles. The van der Waals surface area contributed by atoms with Gasteiger partial charge in [-0.3, -0.25) is 0 Å². The van der Waals surface area contributed by atoms with E-state index >= 15 is 0 Å². The van der Waals surface area contributed by atoms with Gasteiger partial charge in [0.05, 0.1) is 11.5 Å². The van der Waals surface area contributed by atoms with E-state index in [1.54, 1.807) is 0 Å². The molecule has 1 unspecified atom stereocenters. The molecular formula is C15H23NO3S. The summed E-state index contributed by atoms with van der Waals surface area (Å²) < 4.78 is 27.4. The number of benzene rings is 1. The Balaban J connectivity index is 2.61. The van der Waals surface area contributed by atoms with Crippen molar-refractivity contribution in [3.05, 3.63) is 28.3 Å². The predicted molar refractivity (Wildman–Crippen MR) is 79.4 cm³/mol. The smallest absolute Gasteiger partial charge is 0.243 e. The largest absolute Gasteiger partial charge is 0.395 e. The molecule has 0 aromatic heterocycles. The highest BCUT2D eigenvalue weighted by Gasteiger charge is 2.36. The van der Waals surface area contributed by atoms with E-state index in [0.717, 1.165) is 35.1 Å². The number of aliphatic hydroxyl groups excluding tert-OH is 1. The summed E-state index contributed by atoms with van der Waals surface area (Å²) in [6, 6.07) is 1.75. The summed E-state index contributed by atoms with van der Waals surface area (Å²) in [6.45, 7) is 7.99. The van der Waals surface area contributed by atoms with E-state index in [1.807, 2.05) is 33.8 Å². The van der Waals surface area contributed by atoms with E-state index in [4.69, 9.17) is 0 Å². The van der Waals surface area contributed by atoms with Crippen molar-refractivity contribution >= 4 is 10.0 Å². The average Bonchev–Trinajstić information content (AvgIpc) is 2.85. The fraction of sp³-hybridized carbons (Fsp3) is 0.600. The number of rotatable bonds is 3. The molecule has 1 aromatic carbocycles. The molecule has 0 spiro atoms. The van der Waals surface area contributed by atoms with Crippen molar-refractivity contribution < 1.29 is 13.5 Å². The van der Waals surface area contributed by atoms with Crippen LogP contribution < -0.4 is 0 Å². The highest BCUT2D eigenvalue weighted by molar-refractivity contribution is 7.89. The normalized spacial score (nSPS) is 20.6. The van der Waals surface area contributed by atoms with Gasteiger partial charge < -0.3 is 5.11 Å². The number of nitrogens with zero attached hydrogens (tertiary/aromatic N) is 1. The summed E-state index contributed by atoms with van der Waals surface area (Å²) in [7, 11) is -3.53. The fourth-order valence-electron chi connectivity index (χ4n) is 2.99. The fourth-order valence-corrected chi connectivity index (χ4v) is 5.26. The van der Waals surface area contributed by atoms with Crippen LogP contribution in [0.2, 0.25) is 0 Å². The van der Waals surface area contributed by atoms with Crippen LogP contribution in [0, 0.1) is 27.7 Å². The van der Waals surface area contributed by atoms with Crippen molar-refractivity contribution in [2.75, 3.05) is 13.2 Å². The van der Waals surface area contributed by atoms with Crippen LogP contribution in [0.1, 0.15) is 35.1 Å². The Hall–Kier alpha value is -0.910. The van der Waals surface area contributed by atoms with E-state index in [2.05, 4.69) is 0 Å². The zero-order valence-electron chi connectivity index (χ0n) is 12.6. The van der Waals surface area contributed by atoms with Gasteiger partial charge in [0.2, 0.25) is 10.0 Å². The van der Waals surface area contributed by atoms with Crippen LogP contribution in [0.3, 0.4) is 0 Å². The molecule has 0 bridgehead atoms. The number of sulfonamides is 1. The minimum Gasteiger partial charge on any atom is -0.395 e. The van der Waals surface area contributed by atoms with Crippen molar-refractivity contribution in [1.29, 1.82) is 0 Å². The first-order valence-corrected chi connectivity index (χ1v) is 8.44. The van der Waals surface area contributed by atoms with Crippen molar-refractivity contribution in [2.24, 2.45) is 0 Å². The van der Waals surface area contributed by atoms with Gasteiger partial charge in [-0.05, 0) is 62.8 Å². The molecule has 5 heteroatoms. The lowest BCUT2D eigenvalue weighted by Gasteiger charge is -2.25. The van der Waals surface area contributed by atoms with E-state index in [0.29, 0.717) is 11.4 Å². The van der Waals surface area contributed by atoms with Crippen molar-refractivity contribution in [2.45, 2.75) is 51.5 Å². The summed E-state index contributed by atoms with van der Waals surface area (Å²) in [5.41, 5.74) is 3.62. The van der Waals surface area contributed by atoms with Crippen LogP contribution in [-0.4, -0.2) is 37.0 Å². The third kappa shape index (κ3) is 2.38. The summed E-state index contributed by atoms with van der Waals surface area (Å²) >= 11 is 0. The molecule has 4 nitrogen and oxygen atoms in total. The van der Waals surface area contributed by atoms with Gasteiger partial charge in [0.25, 0.3) is 0 Å². The van der Waals surface area contributed by atoms with Gasteiger partial charge in [0, 0.05) is 12.6 Å². The van der Waals surface area contributed by atoms with Crippen LogP contribution in [0.25, 0.3) is 0 Å².